The maximum absolute atomic E-state index is 13.0. The zero-order valence-corrected chi connectivity index (χ0v) is 14.1. The Morgan fingerprint density at radius 3 is 2.65 bits per heavy atom. The van der Waals surface area contributed by atoms with E-state index in [1.165, 1.54) is 11.1 Å². The molecule has 1 aliphatic heterocycles. The summed E-state index contributed by atoms with van der Waals surface area (Å²) in [6, 6.07) is 17.0. The van der Waals surface area contributed by atoms with Crippen molar-refractivity contribution in [3.8, 4) is 0 Å². The number of amides is 1. The third-order valence-corrected chi connectivity index (χ3v) is 5.08. The highest BCUT2D eigenvalue weighted by Gasteiger charge is 2.29. The summed E-state index contributed by atoms with van der Waals surface area (Å²) in [5, 5.41) is 0. The molecule has 0 spiro atoms. The molecule has 3 rings (SSSR count). The first-order chi connectivity index (χ1) is 11.2. The smallest absolute Gasteiger partial charge is 0.254 e. The van der Waals surface area contributed by atoms with Crippen molar-refractivity contribution in [1.29, 1.82) is 0 Å². The first-order valence-corrected chi connectivity index (χ1v) is 8.58. The number of nitrogens with zero attached hydrogens (tertiary/aromatic N) is 1. The van der Waals surface area contributed by atoms with Gasteiger partial charge in [0.25, 0.3) is 5.91 Å². The largest absolute Gasteiger partial charge is 0.336 e. The first-order valence-electron chi connectivity index (χ1n) is 8.58. The SMILES string of the molecule is Cc1cccc(C(=O)N2CCCC2CCc2ccccc2)c1C. The quantitative estimate of drug-likeness (QED) is 0.812. The maximum atomic E-state index is 13.0. The van der Waals surface area contributed by atoms with Crippen LogP contribution in [0, 0.1) is 13.8 Å². The third-order valence-electron chi connectivity index (χ3n) is 5.08. The summed E-state index contributed by atoms with van der Waals surface area (Å²) in [5.74, 6) is 0.210. The molecule has 0 aromatic heterocycles. The van der Waals surface area contributed by atoms with Crippen LogP contribution < -0.4 is 0 Å². The van der Waals surface area contributed by atoms with Crippen LogP contribution in [0.1, 0.15) is 46.3 Å². The highest BCUT2D eigenvalue weighted by molar-refractivity contribution is 5.96. The Morgan fingerprint density at radius 1 is 1.09 bits per heavy atom. The van der Waals surface area contributed by atoms with Gasteiger partial charge >= 0.3 is 0 Å². The topological polar surface area (TPSA) is 20.3 Å². The highest BCUT2D eigenvalue weighted by Crippen LogP contribution is 2.25. The monoisotopic (exact) mass is 307 g/mol. The van der Waals surface area contributed by atoms with Crippen molar-refractivity contribution < 1.29 is 4.79 Å². The molecule has 1 fully saturated rings. The van der Waals surface area contributed by atoms with E-state index in [4.69, 9.17) is 0 Å². The van der Waals surface area contributed by atoms with E-state index in [2.05, 4.69) is 55.1 Å². The highest BCUT2D eigenvalue weighted by atomic mass is 16.2. The molecule has 1 aliphatic rings. The fourth-order valence-corrected chi connectivity index (χ4v) is 3.52. The molecule has 2 aromatic rings. The van der Waals surface area contributed by atoms with Gasteiger partial charge in [-0.3, -0.25) is 4.79 Å². The number of hydrogen-bond donors (Lipinski definition) is 0. The minimum atomic E-state index is 0.210. The molecule has 1 atom stereocenters. The van der Waals surface area contributed by atoms with Gasteiger partial charge in [-0.1, -0.05) is 42.5 Å². The zero-order chi connectivity index (χ0) is 16.2. The molecule has 0 saturated carbocycles. The van der Waals surface area contributed by atoms with Gasteiger partial charge in [0.05, 0.1) is 0 Å². The van der Waals surface area contributed by atoms with E-state index in [-0.39, 0.29) is 5.91 Å². The molecular weight excluding hydrogens is 282 g/mol. The molecule has 2 heteroatoms. The molecule has 0 radical (unpaired) electrons. The van der Waals surface area contributed by atoms with Gasteiger partial charge in [-0.15, -0.1) is 0 Å². The Hall–Kier alpha value is -2.09. The lowest BCUT2D eigenvalue weighted by Gasteiger charge is -2.26. The molecule has 23 heavy (non-hydrogen) atoms. The van der Waals surface area contributed by atoms with Crippen LogP contribution in [0.2, 0.25) is 0 Å². The first kappa shape index (κ1) is 15.8. The normalized spacial score (nSPS) is 17.5. The second-order valence-electron chi connectivity index (χ2n) is 6.57. The Balaban J connectivity index is 1.71. The predicted octanol–water partition coefficient (Wildman–Crippen LogP) is 4.54. The van der Waals surface area contributed by atoms with E-state index in [0.29, 0.717) is 6.04 Å². The van der Waals surface area contributed by atoms with Crippen molar-refractivity contribution in [3.63, 3.8) is 0 Å². The average Bonchev–Trinajstić information content (AvgIpc) is 3.04. The van der Waals surface area contributed by atoms with Gasteiger partial charge in [-0.05, 0) is 62.3 Å². The molecule has 1 heterocycles. The van der Waals surface area contributed by atoms with Crippen molar-refractivity contribution in [1.82, 2.24) is 4.90 Å². The lowest BCUT2D eigenvalue weighted by molar-refractivity contribution is 0.0730. The van der Waals surface area contributed by atoms with Crippen LogP contribution in [-0.2, 0) is 6.42 Å². The summed E-state index contributed by atoms with van der Waals surface area (Å²) in [5.41, 5.74) is 4.54. The Labute approximate surface area is 139 Å². The summed E-state index contributed by atoms with van der Waals surface area (Å²) in [4.78, 5) is 15.1. The summed E-state index contributed by atoms with van der Waals surface area (Å²) >= 11 is 0. The molecule has 1 unspecified atom stereocenters. The second kappa shape index (κ2) is 6.99. The lowest BCUT2D eigenvalue weighted by atomic mass is 10.0. The van der Waals surface area contributed by atoms with E-state index in [1.54, 1.807) is 0 Å². The molecule has 2 aromatic carbocycles. The van der Waals surface area contributed by atoms with Crippen LogP contribution >= 0.6 is 0 Å². The van der Waals surface area contributed by atoms with Crippen molar-refractivity contribution in [2.24, 2.45) is 0 Å². The second-order valence-corrected chi connectivity index (χ2v) is 6.57. The van der Waals surface area contributed by atoms with Crippen LogP contribution in [0.25, 0.3) is 0 Å². The Morgan fingerprint density at radius 2 is 1.87 bits per heavy atom. The molecule has 0 aliphatic carbocycles. The standard InChI is InChI=1S/C21H25NO/c1-16-8-6-12-20(17(16)2)21(23)22-15-7-11-19(22)14-13-18-9-4-3-5-10-18/h3-6,8-10,12,19H,7,11,13-15H2,1-2H3. The van der Waals surface area contributed by atoms with E-state index < -0.39 is 0 Å². The average molecular weight is 307 g/mol. The molecular formula is C21H25NO. The van der Waals surface area contributed by atoms with Crippen LogP contribution in [0.3, 0.4) is 0 Å². The van der Waals surface area contributed by atoms with Crippen LogP contribution in [-0.4, -0.2) is 23.4 Å². The minimum absolute atomic E-state index is 0.210. The number of rotatable bonds is 4. The molecule has 2 nitrogen and oxygen atoms in total. The van der Waals surface area contributed by atoms with E-state index in [1.807, 2.05) is 12.1 Å². The summed E-state index contributed by atoms with van der Waals surface area (Å²) < 4.78 is 0. The van der Waals surface area contributed by atoms with Crippen molar-refractivity contribution in [3.05, 3.63) is 70.8 Å². The number of aryl methyl sites for hydroxylation is 2. The van der Waals surface area contributed by atoms with E-state index in [0.717, 1.165) is 43.4 Å². The van der Waals surface area contributed by atoms with Crippen LogP contribution in [0.4, 0.5) is 0 Å². The lowest BCUT2D eigenvalue weighted by Crippen LogP contribution is -2.36. The Kier molecular flexibility index (Phi) is 4.80. The van der Waals surface area contributed by atoms with Gasteiger partial charge in [-0.2, -0.15) is 0 Å². The summed E-state index contributed by atoms with van der Waals surface area (Å²) in [6.07, 6.45) is 4.35. The van der Waals surface area contributed by atoms with E-state index in [9.17, 15) is 4.79 Å². The molecule has 1 saturated heterocycles. The van der Waals surface area contributed by atoms with Crippen molar-refractivity contribution in [2.45, 2.75) is 45.6 Å². The van der Waals surface area contributed by atoms with Crippen LogP contribution in [0.15, 0.2) is 48.5 Å². The minimum Gasteiger partial charge on any atom is -0.336 e. The summed E-state index contributed by atoms with van der Waals surface area (Å²) in [7, 11) is 0. The zero-order valence-electron chi connectivity index (χ0n) is 14.1. The number of carbonyl (C=O) groups is 1. The van der Waals surface area contributed by atoms with Crippen molar-refractivity contribution >= 4 is 5.91 Å². The maximum Gasteiger partial charge on any atom is 0.254 e. The molecule has 0 N–H and O–H groups in total. The van der Waals surface area contributed by atoms with E-state index >= 15 is 0 Å². The summed E-state index contributed by atoms with van der Waals surface area (Å²) in [6.45, 7) is 5.02. The number of carbonyl (C=O) groups excluding carboxylic acids is 1. The van der Waals surface area contributed by atoms with Crippen molar-refractivity contribution in [2.75, 3.05) is 6.54 Å². The van der Waals surface area contributed by atoms with Gasteiger partial charge in [-0.25, -0.2) is 0 Å². The molecule has 0 bridgehead atoms. The van der Waals surface area contributed by atoms with Gasteiger partial charge in [0.15, 0.2) is 0 Å². The number of benzene rings is 2. The predicted molar refractivity (Wildman–Crippen MR) is 94.7 cm³/mol. The van der Waals surface area contributed by atoms with Gasteiger partial charge in [0.2, 0.25) is 0 Å². The third kappa shape index (κ3) is 3.47. The fraction of sp³-hybridized carbons (Fsp3) is 0.381. The molecule has 120 valence electrons. The van der Waals surface area contributed by atoms with Gasteiger partial charge < -0.3 is 4.90 Å². The fourth-order valence-electron chi connectivity index (χ4n) is 3.52. The number of likely N-dealkylation sites (tertiary alicyclic amines) is 1. The van der Waals surface area contributed by atoms with Gasteiger partial charge in [0, 0.05) is 18.2 Å². The van der Waals surface area contributed by atoms with Crippen LogP contribution in [0.5, 0.6) is 0 Å². The van der Waals surface area contributed by atoms with Gasteiger partial charge in [0.1, 0.15) is 0 Å². The Bertz CT molecular complexity index is 677. The number of hydrogen-bond acceptors (Lipinski definition) is 1. The molecule has 1 amide bonds.